The molecule has 20 heavy (non-hydrogen) atoms. The van der Waals surface area contributed by atoms with Crippen molar-refractivity contribution in [3.63, 3.8) is 0 Å². The van der Waals surface area contributed by atoms with Crippen LogP contribution in [0.1, 0.15) is 19.3 Å². The average Bonchev–Trinajstić information content (AvgIpc) is 3.18. The summed E-state index contributed by atoms with van der Waals surface area (Å²) in [6.45, 7) is 2.46. The minimum Gasteiger partial charge on any atom is -0.395 e. The minimum absolute atomic E-state index is 0.121. The summed E-state index contributed by atoms with van der Waals surface area (Å²) in [5.74, 6) is 0. The Hall–Kier alpha value is -0.370. The largest absolute Gasteiger partial charge is 0.401 e. The van der Waals surface area contributed by atoms with Gasteiger partial charge in [-0.15, -0.1) is 0 Å². The third-order valence-electron chi connectivity index (χ3n) is 3.93. The normalized spacial score (nSPS) is 24.0. The maximum absolute atomic E-state index is 12.3. The maximum atomic E-state index is 12.3. The second-order valence-electron chi connectivity index (χ2n) is 5.84. The lowest BCUT2D eigenvalue weighted by Crippen LogP contribution is -2.50. The molecule has 0 radical (unpaired) electrons. The van der Waals surface area contributed by atoms with Gasteiger partial charge in [0.25, 0.3) is 0 Å². The van der Waals surface area contributed by atoms with Gasteiger partial charge in [-0.2, -0.15) is 13.2 Å². The van der Waals surface area contributed by atoms with E-state index in [0.717, 1.165) is 13.0 Å². The molecule has 1 heterocycles. The molecule has 2 N–H and O–H groups in total. The van der Waals surface area contributed by atoms with E-state index < -0.39 is 12.7 Å². The molecule has 4 nitrogen and oxygen atoms in total. The number of piperazine rings is 1. The summed E-state index contributed by atoms with van der Waals surface area (Å²) < 4.78 is 36.8. The van der Waals surface area contributed by atoms with E-state index in [0.29, 0.717) is 32.2 Å². The van der Waals surface area contributed by atoms with Crippen LogP contribution in [0.3, 0.4) is 0 Å². The molecule has 118 valence electrons. The Balaban J connectivity index is 1.61. The van der Waals surface area contributed by atoms with Gasteiger partial charge >= 0.3 is 6.18 Å². The molecule has 0 aromatic carbocycles. The zero-order valence-corrected chi connectivity index (χ0v) is 11.7. The van der Waals surface area contributed by atoms with Crippen molar-refractivity contribution in [2.24, 2.45) is 0 Å². The van der Waals surface area contributed by atoms with Crippen LogP contribution < -0.4 is 5.32 Å². The lowest BCUT2D eigenvalue weighted by molar-refractivity contribution is -0.149. The van der Waals surface area contributed by atoms with Gasteiger partial charge in [0.2, 0.25) is 0 Å². The fourth-order valence-electron chi connectivity index (χ4n) is 2.57. The molecular weight excluding hydrogens is 271 g/mol. The Kier molecular flexibility index (Phi) is 5.65. The number of halogens is 3. The Labute approximate surface area is 117 Å². The quantitative estimate of drug-likeness (QED) is 0.724. The minimum atomic E-state index is -4.10. The highest BCUT2D eigenvalue weighted by Crippen LogP contribution is 2.20. The first-order valence-corrected chi connectivity index (χ1v) is 7.34. The Morgan fingerprint density at radius 3 is 2.20 bits per heavy atom. The zero-order valence-electron chi connectivity index (χ0n) is 11.7. The van der Waals surface area contributed by atoms with Gasteiger partial charge in [0, 0.05) is 38.3 Å². The lowest BCUT2D eigenvalue weighted by Gasteiger charge is -2.35. The van der Waals surface area contributed by atoms with Crippen molar-refractivity contribution in [1.82, 2.24) is 15.1 Å². The fraction of sp³-hybridized carbons (Fsp3) is 1.00. The van der Waals surface area contributed by atoms with Crippen molar-refractivity contribution >= 4 is 0 Å². The van der Waals surface area contributed by atoms with Gasteiger partial charge in [0.1, 0.15) is 0 Å². The first-order chi connectivity index (χ1) is 9.46. The number of rotatable bonds is 7. The van der Waals surface area contributed by atoms with Crippen molar-refractivity contribution < 1.29 is 18.3 Å². The van der Waals surface area contributed by atoms with Crippen molar-refractivity contribution in [2.75, 3.05) is 45.9 Å². The predicted octanol–water partition coefficient (Wildman–Crippen LogP) is 0.669. The molecular formula is C13H24F3N3O. The molecule has 1 unspecified atom stereocenters. The Bertz CT molecular complexity index is 289. The van der Waals surface area contributed by atoms with E-state index >= 15 is 0 Å². The van der Waals surface area contributed by atoms with E-state index in [1.165, 1.54) is 17.7 Å². The molecule has 2 fully saturated rings. The van der Waals surface area contributed by atoms with Gasteiger partial charge < -0.3 is 15.3 Å². The van der Waals surface area contributed by atoms with Crippen molar-refractivity contribution in [1.29, 1.82) is 0 Å². The number of hydrogen-bond donors (Lipinski definition) is 2. The monoisotopic (exact) mass is 295 g/mol. The molecule has 1 aliphatic heterocycles. The van der Waals surface area contributed by atoms with Crippen molar-refractivity contribution in [3.05, 3.63) is 0 Å². The molecule has 1 saturated carbocycles. The molecule has 1 atom stereocenters. The molecule has 2 rings (SSSR count). The summed E-state index contributed by atoms with van der Waals surface area (Å²) in [7, 11) is 0. The predicted molar refractivity (Wildman–Crippen MR) is 70.6 cm³/mol. The summed E-state index contributed by atoms with van der Waals surface area (Å²) in [6, 6.07) is 0.687. The summed E-state index contributed by atoms with van der Waals surface area (Å²) in [4.78, 5) is 3.65. The smallest absolute Gasteiger partial charge is 0.395 e. The van der Waals surface area contributed by atoms with Crippen LogP contribution in [0.25, 0.3) is 0 Å². The molecule has 1 saturated heterocycles. The van der Waals surface area contributed by atoms with Gasteiger partial charge in [0.15, 0.2) is 0 Å². The maximum Gasteiger partial charge on any atom is 0.401 e. The average molecular weight is 295 g/mol. The van der Waals surface area contributed by atoms with E-state index in [9.17, 15) is 18.3 Å². The van der Waals surface area contributed by atoms with E-state index in [1.807, 2.05) is 0 Å². The molecule has 0 aromatic rings. The summed E-state index contributed by atoms with van der Waals surface area (Å²) in [5, 5.41) is 12.7. The van der Waals surface area contributed by atoms with Crippen LogP contribution in [0.15, 0.2) is 0 Å². The third kappa shape index (κ3) is 5.95. The molecule has 0 spiro atoms. The first kappa shape index (κ1) is 16.0. The third-order valence-corrected chi connectivity index (χ3v) is 3.93. The van der Waals surface area contributed by atoms with Gasteiger partial charge in [-0.25, -0.2) is 0 Å². The molecule has 2 aliphatic rings. The van der Waals surface area contributed by atoms with Crippen LogP contribution in [0, 0.1) is 0 Å². The van der Waals surface area contributed by atoms with Gasteiger partial charge in [-0.1, -0.05) is 0 Å². The Morgan fingerprint density at radius 2 is 1.70 bits per heavy atom. The van der Waals surface area contributed by atoms with E-state index in [1.54, 1.807) is 0 Å². The van der Waals surface area contributed by atoms with Crippen LogP contribution in [0.2, 0.25) is 0 Å². The summed E-state index contributed by atoms with van der Waals surface area (Å²) in [6.07, 6.45) is -0.871. The highest BCUT2D eigenvalue weighted by Gasteiger charge is 2.32. The molecule has 1 aliphatic carbocycles. The SMILES string of the molecule is OCC(CCN1CCN(CC(F)(F)F)CC1)NC1CC1. The first-order valence-electron chi connectivity index (χ1n) is 7.34. The van der Waals surface area contributed by atoms with Crippen LogP contribution in [-0.4, -0.2) is 79.0 Å². The summed E-state index contributed by atoms with van der Waals surface area (Å²) >= 11 is 0. The highest BCUT2D eigenvalue weighted by molar-refractivity contribution is 4.85. The molecule has 0 amide bonds. The fourth-order valence-corrected chi connectivity index (χ4v) is 2.57. The topological polar surface area (TPSA) is 38.7 Å². The van der Waals surface area contributed by atoms with Crippen LogP contribution >= 0.6 is 0 Å². The number of hydrogen-bond acceptors (Lipinski definition) is 4. The van der Waals surface area contributed by atoms with E-state index in [4.69, 9.17) is 0 Å². The van der Waals surface area contributed by atoms with Crippen LogP contribution in [0.4, 0.5) is 13.2 Å². The number of aliphatic hydroxyl groups is 1. The standard InChI is InChI=1S/C13H24F3N3O/c14-13(15,16)10-19-7-5-18(6-8-19)4-3-12(9-20)17-11-1-2-11/h11-12,17,20H,1-10H2. The van der Waals surface area contributed by atoms with E-state index in [-0.39, 0.29) is 12.6 Å². The number of alkyl halides is 3. The van der Waals surface area contributed by atoms with Gasteiger partial charge in [-0.3, -0.25) is 4.90 Å². The highest BCUT2D eigenvalue weighted by atomic mass is 19.4. The van der Waals surface area contributed by atoms with Gasteiger partial charge in [-0.05, 0) is 25.8 Å². The Morgan fingerprint density at radius 1 is 1.10 bits per heavy atom. The van der Waals surface area contributed by atoms with E-state index in [2.05, 4.69) is 10.2 Å². The van der Waals surface area contributed by atoms with Gasteiger partial charge in [0.05, 0.1) is 13.2 Å². The van der Waals surface area contributed by atoms with Crippen LogP contribution in [-0.2, 0) is 0 Å². The number of aliphatic hydroxyl groups excluding tert-OH is 1. The second-order valence-corrected chi connectivity index (χ2v) is 5.84. The van der Waals surface area contributed by atoms with Crippen molar-refractivity contribution in [3.8, 4) is 0 Å². The zero-order chi connectivity index (χ0) is 14.6. The lowest BCUT2D eigenvalue weighted by atomic mass is 10.2. The van der Waals surface area contributed by atoms with Crippen LogP contribution in [0.5, 0.6) is 0 Å². The number of nitrogens with zero attached hydrogens (tertiary/aromatic N) is 2. The second kappa shape index (κ2) is 7.06. The molecule has 7 heteroatoms. The van der Waals surface area contributed by atoms with Crippen molar-refractivity contribution in [2.45, 2.75) is 37.5 Å². The molecule has 0 bridgehead atoms. The molecule has 0 aromatic heterocycles. The number of nitrogens with one attached hydrogen (secondary N) is 1. The summed E-state index contributed by atoms with van der Waals surface area (Å²) in [5.41, 5.74) is 0.